The molecular formula is C14H12N4O2. The van der Waals surface area contributed by atoms with Crippen LogP contribution < -0.4 is 4.74 Å². The van der Waals surface area contributed by atoms with Crippen molar-refractivity contribution in [1.82, 2.24) is 19.4 Å². The molecule has 3 aromatic heterocycles. The number of rotatable bonds is 3. The van der Waals surface area contributed by atoms with E-state index in [4.69, 9.17) is 4.74 Å². The van der Waals surface area contributed by atoms with Crippen LogP contribution in [0.25, 0.3) is 16.9 Å². The van der Waals surface area contributed by atoms with E-state index in [-0.39, 0.29) is 0 Å². The SMILES string of the molecule is COc1ccc(-c2cn3c(C=O)c(C)nc3cn2)cn1. The fraction of sp³-hybridized carbons (Fsp3) is 0.143. The lowest BCUT2D eigenvalue weighted by molar-refractivity contribution is 0.111. The van der Waals surface area contributed by atoms with Crippen LogP contribution in [0.15, 0.2) is 30.7 Å². The Labute approximate surface area is 115 Å². The Kier molecular flexibility index (Phi) is 2.90. The molecule has 0 aliphatic rings. The van der Waals surface area contributed by atoms with Gasteiger partial charge < -0.3 is 4.74 Å². The molecule has 100 valence electrons. The highest BCUT2D eigenvalue weighted by molar-refractivity contribution is 5.76. The Hall–Kier alpha value is -2.76. The molecule has 0 saturated carbocycles. The summed E-state index contributed by atoms with van der Waals surface area (Å²) in [6.45, 7) is 1.80. The maximum Gasteiger partial charge on any atom is 0.212 e. The predicted octanol–water partition coefficient (Wildman–Crippen LogP) is 1.92. The summed E-state index contributed by atoms with van der Waals surface area (Å²) in [5.41, 5.74) is 3.43. The zero-order valence-corrected chi connectivity index (χ0v) is 11.1. The molecule has 0 fully saturated rings. The van der Waals surface area contributed by atoms with Crippen LogP contribution in [0.3, 0.4) is 0 Å². The minimum Gasteiger partial charge on any atom is -0.481 e. The van der Waals surface area contributed by atoms with Crippen molar-refractivity contribution in [2.75, 3.05) is 7.11 Å². The van der Waals surface area contributed by atoms with Crippen LogP contribution in [-0.4, -0.2) is 32.7 Å². The van der Waals surface area contributed by atoms with Crippen molar-refractivity contribution in [2.45, 2.75) is 6.92 Å². The lowest BCUT2D eigenvalue weighted by Crippen LogP contribution is -1.95. The van der Waals surface area contributed by atoms with E-state index in [2.05, 4.69) is 15.0 Å². The van der Waals surface area contributed by atoms with Crippen molar-refractivity contribution in [3.8, 4) is 17.1 Å². The fourth-order valence-electron chi connectivity index (χ4n) is 2.03. The van der Waals surface area contributed by atoms with Crippen molar-refractivity contribution in [1.29, 1.82) is 0 Å². The molecule has 0 aliphatic heterocycles. The zero-order valence-electron chi connectivity index (χ0n) is 11.1. The van der Waals surface area contributed by atoms with Gasteiger partial charge in [0.2, 0.25) is 5.88 Å². The average molecular weight is 268 g/mol. The van der Waals surface area contributed by atoms with E-state index in [1.165, 1.54) is 0 Å². The molecule has 0 amide bonds. The summed E-state index contributed by atoms with van der Waals surface area (Å²) in [4.78, 5) is 23.9. The molecule has 0 aromatic carbocycles. The van der Waals surface area contributed by atoms with Crippen LogP contribution in [-0.2, 0) is 0 Å². The molecular weight excluding hydrogens is 256 g/mol. The van der Waals surface area contributed by atoms with Crippen LogP contribution in [0.2, 0.25) is 0 Å². The Bertz CT molecular complexity index is 778. The van der Waals surface area contributed by atoms with Gasteiger partial charge in [-0.1, -0.05) is 0 Å². The molecule has 0 unspecified atom stereocenters. The first-order valence-electron chi connectivity index (χ1n) is 6.03. The molecule has 6 nitrogen and oxygen atoms in total. The number of hydrogen-bond donors (Lipinski definition) is 0. The van der Waals surface area contributed by atoms with Gasteiger partial charge in [0.15, 0.2) is 11.9 Å². The molecule has 3 aromatic rings. The molecule has 0 N–H and O–H groups in total. The molecule has 0 spiro atoms. The first-order valence-corrected chi connectivity index (χ1v) is 6.03. The number of fused-ring (bicyclic) bond motifs is 1. The smallest absolute Gasteiger partial charge is 0.212 e. The Morgan fingerprint density at radius 3 is 2.75 bits per heavy atom. The van der Waals surface area contributed by atoms with Crippen molar-refractivity contribution >= 4 is 11.9 Å². The number of nitrogens with zero attached hydrogens (tertiary/aromatic N) is 4. The molecule has 0 saturated heterocycles. The highest BCUT2D eigenvalue weighted by Crippen LogP contribution is 2.19. The lowest BCUT2D eigenvalue weighted by Gasteiger charge is -2.03. The fourth-order valence-corrected chi connectivity index (χ4v) is 2.03. The summed E-state index contributed by atoms with van der Waals surface area (Å²) < 4.78 is 6.75. The number of aldehydes is 1. The standard InChI is InChI=1S/C14H12N4O2/c1-9-12(8-19)18-7-11(15-6-13(18)17-9)10-3-4-14(20-2)16-5-10/h3-8H,1-2H3. The largest absolute Gasteiger partial charge is 0.481 e. The summed E-state index contributed by atoms with van der Waals surface area (Å²) in [5, 5.41) is 0. The van der Waals surface area contributed by atoms with Gasteiger partial charge in [-0.2, -0.15) is 0 Å². The highest BCUT2D eigenvalue weighted by atomic mass is 16.5. The van der Waals surface area contributed by atoms with Crippen LogP contribution in [0.5, 0.6) is 5.88 Å². The second-order valence-corrected chi connectivity index (χ2v) is 4.29. The Morgan fingerprint density at radius 1 is 1.25 bits per heavy atom. The third-order valence-corrected chi connectivity index (χ3v) is 3.08. The summed E-state index contributed by atoms with van der Waals surface area (Å²) in [6.07, 6.45) is 5.89. The summed E-state index contributed by atoms with van der Waals surface area (Å²) >= 11 is 0. The van der Waals surface area contributed by atoms with Crippen molar-refractivity contribution in [2.24, 2.45) is 0 Å². The predicted molar refractivity (Wildman–Crippen MR) is 72.9 cm³/mol. The van der Waals surface area contributed by atoms with Gasteiger partial charge in [-0.05, 0) is 13.0 Å². The molecule has 6 heteroatoms. The quantitative estimate of drug-likeness (QED) is 0.679. The second kappa shape index (κ2) is 4.73. The number of pyridine rings is 1. The molecule has 0 aliphatic carbocycles. The van der Waals surface area contributed by atoms with Gasteiger partial charge in [-0.3, -0.25) is 14.2 Å². The number of aromatic nitrogens is 4. The minimum atomic E-state index is 0.533. The van der Waals surface area contributed by atoms with E-state index >= 15 is 0 Å². The molecule has 3 rings (SSSR count). The normalized spacial score (nSPS) is 10.7. The van der Waals surface area contributed by atoms with Gasteiger partial charge in [0.25, 0.3) is 0 Å². The van der Waals surface area contributed by atoms with Crippen molar-refractivity contribution in [3.63, 3.8) is 0 Å². The molecule has 0 bridgehead atoms. The molecule has 20 heavy (non-hydrogen) atoms. The van der Waals surface area contributed by atoms with Crippen LogP contribution >= 0.6 is 0 Å². The summed E-state index contributed by atoms with van der Waals surface area (Å²) in [5.74, 6) is 0.543. The van der Waals surface area contributed by atoms with Crippen LogP contribution in [0.1, 0.15) is 16.2 Å². The second-order valence-electron chi connectivity index (χ2n) is 4.29. The first kappa shape index (κ1) is 12.3. The average Bonchev–Trinajstić information content (AvgIpc) is 2.81. The third-order valence-electron chi connectivity index (χ3n) is 3.08. The highest BCUT2D eigenvalue weighted by Gasteiger charge is 2.10. The molecule has 0 atom stereocenters. The van der Waals surface area contributed by atoms with Crippen LogP contribution in [0, 0.1) is 6.92 Å². The van der Waals surface area contributed by atoms with Gasteiger partial charge in [0.05, 0.1) is 24.7 Å². The van der Waals surface area contributed by atoms with E-state index in [0.717, 1.165) is 11.8 Å². The van der Waals surface area contributed by atoms with E-state index in [0.29, 0.717) is 28.6 Å². The van der Waals surface area contributed by atoms with E-state index in [9.17, 15) is 4.79 Å². The van der Waals surface area contributed by atoms with Gasteiger partial charge in [-0.15, -0.1) is 0 Å². The first-order chi connectivity index (χ1) is 9.72. The number of carbonyl (C=O) groups excluding carboxylic acids is 1. The van der Waals surface area contributed by atoms with Gasteiger partial charge in [-0.25, -0.2) is 9.97 Å². The van der Waals surface area contributed by atoms with Crippen molar-refractivity contribution < 1.29 is 9.53 Å². The topological polar surface area (TPSA) is 69.4 Å². The number of hydrogen-bond acceptors (Lipinski definition) is 5. The van der Waals surface area contributed by atoms with Crippen molar-refractivity contribution in [3.05, 3.63) is 42.1 Å². The maximum absolute atomic E-state index is 11.1. The van der Waals surface area contributed by atoms with E-state index in [1.54, 1.807) is 43.1 Å². The maximum atomic E-state index is 11.1. The number of imidazole rings is 1. The molecule has 0 radical (unpaired) electrons. The number of methoxy groups -OCH3 is 1. The van der Waals surface area contributed by atoms with Gasteiger partial charge in [0, 0.05) is 24.0 Å². The number of aryl methyl sites for hydroxylation is 1. The monoisotopic (exact) mass is 268 g/mol. The Balaban J connectivity index is 2.13. The van der Waals surface area contributed by atoms with Gasteiger partial charge in [0.1, 0.15) is 5.69 Å². The van der Waals surface area contributed by atoms with Gasteiger partial charge >= 0.3 is 0 Å². The van der Waals surface area contributed by atoms with E-state index < -0.39 is 0 Å². The zero-order chi connectivity index (χ0) is 14.1. The minimum absolute atomic E-state index is 0.533. The Morgan fingerprint density at radius 2 is 2.10 bits per heavy atom. The van der Waals surface area contributed by atoms with E-state index in [1.807, 2.05) is 6.07 Å². The third kappa shape index (κ3) is 1.91. The summed E-state index contributed by atoms with van der Waals surface area (Å²) in [6, 6.07) is 3.63. The number of ether oxygens (including phenoxy) is 1. The molecule has 3 heterocycles. The van der Waals surface area contributed by atoms with Crippen LogP contribution in [0.4, 0.5) is 0 Å². The number of carbonyl (C=O) groups is 1. The summed E-state index contributed by atoms with van der Waals surface area (Å²) in [7, 11) is 1.57. The lowest BCUT2D eigenvalue weighted by atomic mass is 10.2.